The van der Waals surface area contributed by atoms with Gasteiger partial charge in [0, 0.05) is 17.5 Å². The first kappa shape index (κ1) is 25.8. The summed E-state index contributed by atoms with van der Waals surface area (Å²) in [7, 11) is -4.11. The number of nitrogens with zero attached hydrogens (tertiary/aromatic N) is 1. The molecule has 0 spiro atoms. The third-order valence-corrected chi connectivity index (χ3v) is 7.79. The Labute approximate surface area is 214 Å². The van der Waals surface area contributed by atoms with Crippen LogP contribution >= 0.6 is 0 Å². The molecule has 1 atom stereocenters. The Morgan fingerprint density at radius 1 is 0.842 bits per heavy atom. The molecule has 4 nitrogen and oxygen atoms in total. The number of fused-ring (bicyclic) bond motifs is 1. The van der Waals surface area contributed by atoms with Gasteiger partial charge < -0.3 is 0 Å². The highest BCUT2D eigenvalue weighted by molar-refractivity contribution is 7.92. The third kappa shape index (κ3) is 4.98. The molecule has 1 unspecified atom stereocenters. The van der Waals surface area contributed by atoms with Gasteiger partial charge in [-0.05, 0) is 83.6 Å². The van der Waals surface area contributed by atoms with E-state index in [1.165, 1.54) is 30.3 Å². The molecule has 1 heterocycles. The summed E-state index contributed by atoms with van der Waals surface area (Å²) in [5.41, 5.74) is 0.557. The Morgan fingerprint density at radius 3 is 2.32 bits per heavy atom. The molecule has 196 valence electrons. The van der Waals surface area contributed by atoms with Crippen molar-refractivity contribution in [3.8, 4) is 11.1 Å². The van der Waals surface area contributed by atoms with E-state index in [0.29, 0.717) is 35.6 Å². The number of benzene rings is 3. The van der Waals surface area contributed by atoms with Crippen LogP contribution in [0.3, 0.4) is 0 Å². The molecule has 1 N–H and O–H groups in total. The molecular weight excluding hydrogens is 530 g/mol. The minimum atomic E-state index is -4.68. The molecule has 0 aliphatic heterocycles. The van der Waals surface area contributed by atoms with Crippen LogP contribution in [0.1, 0.15) is 34.6 Å². The lowest BCUT2D eigenvalue weighted by Crippen LogP contribution is -2.14. The summed E-state index contributed by atoms with van der Waals surface area (Å²) < 4.78 is 110. The van der Waals surface area contributed by atoms with E-state index in [9.17, 15) is 34.8 Å². The summed E-state index contributed by atoms with van der Waals surface area (Å²) in [5.74, 6) is -3.36. The molecule has 0 saturated carbocycles. The van der Waals surface area contributed by atoms with Gasteiger partial charge in [0.1, 0.15) is 17.5 Å². The second-order valence-electron chi connectivity index (χ2n) is 8.83. The molecule has 0 fully saturated rings. The minimum absolute atomic E-state index is 0.0225. The van der Waals surface area contributed by atoms with Gasteiger partial charge in [0.25, 0.3) is 10.0 Å². The van der Waals surface area contributed by atoms with E-state index in [4.69, 9.17) is 0 Å². The highest BCUT2D eigenvalue weighted by atomic mass is 32.2. The monoisotopic (exact) mass is 548 g/mol. The van der Waals surface area contributed by atoms with Crippen LogP contribution in [0.5, 0.6) is 0 Å². The third-order valence-electron chi connectivity index (χ3n) is 6.43. The van der Waals surface area contributed by atoms with Gasteiger partial charge in [0.2, 0.25) is 5.95 Å². The molecule has 0 radical (unpaired) electrons. The SMILES string of the molecule is O=S(=O)(Nc1cccc(F)n1)c1ccc2c(c1)CCC2c1ccc(C(F)(F)F)cc1-c1ccc(F)cc1F. The molecule has 5 rings (SSSR count). The van der Waals surface area contributed by atoms with Crippen molar-refractivity contribution in [2.45, 2.75) is 29.8 Å². The van der Waals surface area contributed by atoms with Crippen LogP contribution in [0.25, 0.3) is 11.1 Å². The fourth-order valence-electron chi connectivity index (χ4n) is 4.72. The van der Waals surface area contributed by atoms with E-state index in [-0.39, 0.29) is 21.8 Å². The first-order chi connectivity index (χ1) is 17.9. The normalized spacial score (nSPS) is 15.4. The molecule has 1 aliphatic rings. The van der Waals surface area contributed by atoms with Crippen molar-refractivity contribution in [3.05, 3.63) is 113 Å². The van der Waals surface area contributed by atoms with Crippen LogP contribution in [0.15, 0.2) is 77.7 Å². The van der Waals surface area contributed by atoms with Crippen LogP contribution in [0.4, 0.5) is 32.2 Å². The molecule has 0 amide bonds. The van der Waals surface area contributed by atoms with Crippen molar-refractivity contribution in [1.29, 1.82) is 0 Å². The van der Waals surface area contributed by atoms with Crippen molar-refractivity contribution < 1.29 is 34.8 Å². The molecule has 0 bridgehead atoms. The number of hydrogen-bond donors (Lipinski definition) is 1. The molecule has 3 aromatic carbocycles. The van der Waals surface area contributed by atoms with Gasteiger partial charge in [-0.25, -0.2) is 22.2 Å². The summed E-state index contributed by atoms with van der Waals surface area (Å²) in [6.45, 7) is 0. The Bertz CT molecular complexity index is 1650. The van der Waals surface area contributed by atoms with Crippen LogP contribution < -0.4 is 4.72 Å². The number of rotatable bonds is 5. The van der Waals surface area contributed by atoms with Gasteiger partial charge in [-0.15, -0.1) is 0 Å². The maximum Gasteiger partial charge on any atom is 0.416 e. The zero-order valence-electron chi connectivity index (χ0n) is 19.4. The number of sulfonamides is 1. The van der Waals surface area contributed by atoms with Crippen molar-refractivity contribution in [3.63, 3.8) is 0 Å². The summed E-state index contributed by atoms with van der Waals surface area (Å²) in [5, 5.41) is 0. The first-order valence-electron chi connectivity index (χ1n) is 11.4. The fraction of sp³-hybridized carbons (Fsp3) is 0.148. The highest BCUT2D eigenvalue weighted by Gasteiger charge is 2.34. The molecule has 1 aliphatic carbocycles. The molecular formula is C27H18F6N2O2S. The number of hydrogen-bond acceptors (Lipinski definition) is 3. The van der Waals surface area contributed by atoms with Crippen molar-refractivity contribution in [1.82, 2.24) is 4.98 Å². The van der Waals surface area contributed by atoms with E-state index in [2.05, 4.69) is 9.71 Å². The van der Waals surface area contributed by atoms with Gasteiger partial charge >= 0.3 is 6.18 Å². The number of nitrogens with one attached hydrogen (secondary N) is 1. The molecule has 1 aromatic heterocycles. The number of halogens is 6. The van der Waals surface area contributed by atoms with Gasteiger partial charge in [-0.3, -0.25) is 4.72 Å². The topological polar surface area (TPSA) is 59.1 Å². The highest BCUT2D eigenvalue weighted by Crippen LogP contribution is 2.45. The van der Waals surface area contributed by atoms with Crippen LogP contribution in [-0.4, -0.2) is 13.4 Å². The van der Waals surface area contributed by atoms with Crippen molar-refractivity contribution >= 4 is 15.8 Å². The average molecular weight is 549 g/mol. The van der Waals surface area contributed by atoms with E-state index >= 15 is 0 Å². The predicted octanol–water partition coefficient (Wildman–Crippen LogP) is 7.06. The van der Waals surface area contributed by atoms with Crippen LogP contribution in [0, 0.1) is 17.6 Å². The van der Waals surface area contributed by atoms with Gasteiger partial charge in [-0.1, -0.05) is 18.2 Å². The fourth-order valence-corrected chi connectivity index (χ4v) is 5.77. The summed E-state index contributed by atoms with van der Waals surface area (Å²) >= 11 is 0. The summed E-state index contributed by atoms with van der Waals surface area (Å²) in [6, 6.07) is 13.7. The number of alkyl halides is 3. The maximum atomic E-state index is 14.7. The molecule has 0 saturated heterocycles. The summed E-state index contributed by atoms with van der Waals surface area (Å²) in [4.78, 5) is 3.40. The van der Waals surface area contributed by atoms with E-state index in [1.807, 2.05) is 0 Å². The van der Waals surface area contributed by atoms with E-state index in [1.54, 1.807) is 6.07 Å². The van der Waals surface area contributed by atoms with Crippen molar-refractivity contribution in [2.24, 2.45) is 0 Å². The van der Waals surface area contributed by atoms with Crippen LogP contribution in [-0.2, 0) is 22.6 Å². The number of pyridine rings is 1. The molecule has 11 heteroatoms. The lowest BCUT2D eigenvalue weighted by atomic mass is 9.85. The van der Waals surface area contributed by atoms with Gasteiger partial charge in [-0.2, -0.15) is 17.6 Å². The second kappa shape index (κ2) is 9.46. The van der Waals surface area contributed by atoms with E-state index < -0.39 is 45.3 Å². The molecule has 38 heavy (non-hydrogen) atoms. The predicted molar refractivity (Wildman–Crippen MR) is 128 cm³/mol. The zero-order chi connectivity index (χ0) is 27.2. The standard InChI is InChI=1S/C27H18F6N2O2S/c28-17-6-10-22(24(29)14-17)23-13-16(27(31,32)33)5-9-21(23)20-8-4-15-12-18(7-11-19(15)20)38(36,37)35-26-3-1-2-25(30)34-26/h1-3,5-7,9-14,20H,4,8H2,(H,34,35). The Kier molecular flexibility index (Phi) is 6.42. The molecule has 4 aromatic rings. The number of aryl methyl sites for hydroxylation is 1. The zero-order valence-corrected chi connectivity index (χ0v) is 20.2. The maximum absolute atomic E-state index is 14.7. The van der Waals surface area contributed by atoms with Crippen molar-refractivity contribution in [2.75, 3.05) is 4.72 Å². The van der Waals surface area contributed by atoms with E-state index in [0.717, 1.165) is 30.3 Å². The smallest absolute Gasteiger partial charge is 0.263 e. The largest absolute Gasteiger partial charge is 0.416 e. The quantitative estimate of drug-likeness (QED) is 0.215. The summed E-state index contributed by atoms with van der Waals surface area (Å²) in [6.07, 6.45) is -3.84. The number of anilines is 1. The lowest BCUT2D eigenvalue weighted by molar-refractivity contribution is -0.137. The Hall–Kier alpha value is -3.86. The minimum Gasteiger partial charge on any atom is -0.263 e. The Morgan fingerprint density at radius 2 is 1.61 bits per heavy atom. The second-order valence-corrected chi connectivity index (χ2v) is 10.5. The Balaban J connectivity index is 1.54. The average Bonchev–Trinajstić information content (AvgIpc) is 3.26. The number of aromatic nitrogens is 1. The first-order valence-corrected chi connectivity index (χ1v) is 12.9. The van der Waals surface area contributed by atoms with Gasteiger partial charge in [0.05, 0.1) is 10.5 Å². The van der Waals surface area contributed by atoms with Gasteiger partial charge in [0.15, 0.2) is 0 Å². The lowest BCUT2D eigenvalue weighted by Gasteiger charge is -2.20. The van der Waals surface area contributed by atoms with Crippen LogP contribution in [0.2, 0.25) is 0 Å².